The predicted octanol–water partition coefficient (Wildman–Crippen LogP) is -0.343. The Bertz CT molecular complexity index is 237. The number of rotatable bonds is 1. The van der Waals surface area contributed by atoms with Crippen molar-refractivity contribution in [2.45, 2.75) is 6.92 Å². The first-order chi connectivity index (χ1) is 4.74. The maximum absolute atomic E-state index is 4.99. The van der Waals surface area contributed by atoms with Gasteiger partial charge in [0.2, 0.25) is 5.88 Å². The van der Waals surface area contributed by atoms with Crippen molar-refractivity contribution >= 4 is 13.3 Å². The first-order valence-electron chi connectivity index (χ1n) is 3.21. The van der Waals surface area contributed by atoms with Crippen molar-refractivity contribution in [3.8, 4) is 5.88 Å². The van der Waals surface area contributed by atoms with Crippen molar-refractivity contribution in [1.82, 2.24) is 4.98 Å². The molecule has 0 radical (unpaired) electrons. The van der Waals surface area contributed by atoms with Crippen LogP contribution >= 0.6 is 0 Å². The summed E-state index contributed by atoms with van der Waals surface area (Å²) in [7, 11) is 3.61. The number of methoxy groups -OCH3 is 1. The standard InChI is InChI=1S/C7H10BNO/c1-5-3-6(8)7(10-2)9-4-5/h3-4H,8H2,1-2H3. The highest BCUT2D eigenvalue weighted by Gasteiger charge is 1.96. The second-order valence-corrected chi connectivity index (χ2v) is 2.34. The van der Waals surface area contributed by atoms with Crippen LogP contribution in [-0.2, 0) is 0 Å². The lowest BCUT2D eigenvalue weighted by Gasteiger charge is -2.02. The van der Waals surface area contributed by atoms with E-state index in [2.05, 4.69) is 4.98 Å². The average molecular weight is 135 g/mol. The molecule has 0 saturated heterocycles. The van der Waals surface area contributed by atoms with E-state index >= 15 is 0 Å². The molecule has 2 nitrogen and oxygen atoms in total. The van der Waals surface area contributed by atoms with E-state index in [-0.39, 0.29) is 0 Å². The second-order valence-electron chi connectivity index (χ2n) is 2.34. The van der Waals surface area contributed by atoms with Gasteiger partial charge in [0, 0.05) is 6.20 Å². The molecular weight excluding hydrogens is 125 g/mol. The minimum atomic E-state index is 0.714. The van der Waals surface area contributed by atoms with Crippen LogP contribution in [0.3, 0.4) is 0 Å². The third-order valence-electron chi connectivity index (χ3n) is 1.36. The minimum absolute atomic E-state index is 0.714. The lowest BCUT2D eigenvalue weighted by Crippen LogP contribution is -2.09. The number of nitrogens with zero attached hydrogens (tertiary/aromatic N) is 1. The molecule has 0 atom stereocenters. The lowest BCUT2D eigenvalue weighted by atomic mass is 9.96. The smallest absolute Gasteiger partial charge is 0.206 e. The second kappa shape index (κ2) is 2.73. The summed E-state index contributed by atoms with van der Waals surface area (Å²) in [6, 6.07) is 2.05. The van der Waals surface area contributed by atoms with Crippen molar-refractivity contribution in [2.75, 3.05) is 7.11 Å². The van der Waals surface area contributed by atoms with Crippen LogP contribution in [0.2, 0.25) is 0 Å². The van der Waals surface area contributed by atoms with Gasteiger partial charge in [-0.15, -0.1) is 0 Å². The van der Waals surface area contributed by atoms with E-state index in [0.717, 1.165) is 5.46 Å². The van der Waals surface area contributed by atoms with Gasteiger partial charge >= 0.3 is 0 Å². The van der Waals surface area contributed by atoms with Crippen LogP contribution in [0.1, 0.15) is 5.56 Å². The van der Waals surface area contributed by atoms with E-state index in [4.69, 9.17) is 4.74 Å². The molecule has 0 aromatic carbocycles. The summed E-state index contributed by atoms with van der Waals surface area (Å²) in [5, 5.41) is 0. The molecule has 1 aromatic heterocycles. The summed E-state index contributed by atoms with van der Waals surface area (Å²) in [5.74, 6) is 0.714. The molecule has 0 saturated carbocycles. The Hall–Kier alpha value is -0.985. The Balaban J connectivity index is 3.07. The van der Waals surface area contributed by atoms with Gasteiger partial charge in [-0.25, -0.2) is 4.98 Å². The summed E-state index contributed by atoms with van der Waals surface area (Å²) in [4.78, 5) is 4.07. The van der Waals surface area contributed by atoms with E-state index < -0.39 is 0 Å². The number of pyridine rings is 1. The first kappa shape index (κ1) is 7.13. The van der Waals surface area contributed by atoms with E-state index in [0.29, 0.717) is 5.88 Å². The SMILES string of the molecule is Bc1cc(C)cnc1OC. The largest absolute Gasteiger partial charge is 0.481 e. The topological polar surface area (TPSA) is 22.1 Å². The highest BCUT2D eigenvalue weighted by Crippen LogP contribution is 2.00. The Morgan fingerprint density at radius 2 is 2.30 bits per heavy atom. The van der Waals surface area contributed by atoms with Crippen LogP contribution in [0, 0.1) is 6.92 Å². The fourth-order valence-corrected chi connectivity index (χ4v) is 0.916. The van der Waals surface area contributed by atoms with Gasteiger partial charge in [0.1, 0.15) is 7.85 Å². The molecule has 3 heteroatoms. The molecule has 0 spiro atoms. The molecule has 0 fully saturated rings. The van der Waals surface area contributed by atoms with Crippen molar-refractivity contribution in [3.63, 3.8) is 0 Å². The Morgan fingerprint density at radius 1 is 1.60 bits per heavy atom. The molecule has 1 aromatic rings. The maximum atomic E-state index is 4.99. The van der Waals surface area contributed by atoms with Gasteiger partial charge in [-0.05, 0) is 17.9 Å². The molecule has 0 bridgehead atoms. The highest BCUT2D eigenvalue weighted by molar-refractivity contribution is 6.33. The molecule has 0 N–H and O–H groups in total. The molecule has 0 aliphatic carbocycles. The zero-order valence-electron chi connectivity index (χ0n) is 6.51. The molecule has 52 valence electrons. The zero-order chi connectivity index (χ0) is 7.56. The fourth-order valence-electron chi connectivity index (χ4n) is 0.916. The number of hydrogen-bond acceptors (Lipinski definition) is 2. The van der Waals surface area contributed by atoms with E-state index in [1.165, 1.54) is 5.56 Å². The maximum Gasteiger partial charge on any atom is 0.206 e. The van der Waals surface area contributed by atoms with Crippen LogP contribution in [0.5, 0.6) is 5.88 Å². The van der Waals surface area contributed by atoms with Crippen LogP contribution in [0.15, 0.2) is 12.3 Å². The molecule has 1 heterocycles. The van der Waals surface area contributed by atoms with Gasteiger partial charge in [0.05, 0.1) is 7.11 Å². The van der Waals surface area contributed by atoms with Crippen molar-refractivity contribution in [1.29, 1.82) is 0 Å². The fraction of sp³-hybridized carbons (Fsp3) is 0.286. The van der Waals surface area contributed by atoms with E-state index in [1.807, 2.05) is 20.8 Å². The average Bonchev–Trinajstić information content (AvgIpc) is 1.88. The van der Waals surface area contributed by atoms with Crippen molar-refractivity contribution < 1.29 is 4.74 Å². The van der Waals surface area contributed by atoms with Crippen LogP contribution in [0.25, 0.3) is 0 Å². The molecular formula is C7H10BNO. The van der Waals surface area contributed by atoms with Crippen LogP contribution in [-0.4, -0.2) is 19.9 Å². The molecule has 0 unspecified atom stereocenters. The summed E-state index contributed by atoms with van der Waals surface area (Å²) in [5.41, 5.74) is 2.25. The van der Waals surface area contributed by atoms with Gasteiger partial charge in [0.25, 0.3) is 0 Å². The summed E-state index contributed by atoms with van der Waals surface area (Å²) >= 11 is 0. The molecule has 0 amide bonds. The Labute approximate surface area is 61.6 Å². The van der Waals surface area contributed by atoms with E-state index in [9.17, 15) is 0 Å². The first-order valence-corrected chi connectivity index (χ1v) is 3.21. The van der Waals surface area contributed by atoms with Gasteiger partial charge in [-0.1, -0.05) is 6.07 Å². The lowest BCUT2D eigenvalue weighted by molar-refractivity contribution is 0.401. The predicted molar refractivity (Wildman–Crippen MR) is 43.7 cm³/mol. The van der Waals surface area contributed by atoms with Gasteiger partial charge in [-0.3, -0.25) is 0 Å². The zero-order valence-corrected chi connectivity index (χ0v) is 6.51. The normalized spacial score (nSPS) is 9.40. The summed E-state index contributed by atoms with van der Waals surface area (Å²) < 4.78 is 4.99. The molecule has 1 rings (SSSR count). The van der Waals surface area contributed by atoms with E-state index in [1.54, 1.807) is 13.3 Å². The Kier molecular flexibility index (Phi) is 1.95. The number of aromatic nitrogens is 1. The van der Waals surface area contributed by atoms with Gasteiger partial charge in [-0.2, -0.15) is 0 Å². The van der Waals surface area contributed by atoms with Crippen molar-refractivity contribution in [3.05, 3.63) is 17.8 Å². The summed E-state index contributed by atoms with van der Waals surface area (Å²) in [6.07, 6.45) is 1.80. The van der Waals surface area contributed by atoms with Crippen LogP contribution < -0.4 is 10.2 Å². The van der Waals surface area contributed by atoms with Gasteiger partial charge < -0.3 is 4.74 Å². The number of aryl methyl sites for hydroxylation is 1. The monoisotopic (exact) mass is 135 g/mol. The number of ether oxygens (including phenoxy) is 1. The quantitative estimate of drug-likeness (QED) is 0.491. The highest BCUT2D eigenvalue weighted by atomic mass is 16.5. The van der Waals surface area contributed by atoms with Crippen molar-refractivity contribution in [2.24, 2.45) is 0 Å². The third kappa shape index (κ3) is 1.29. The van der Waals surface area contributed by atoms with Gasteiger partial charge in [0.15, 0.2) is 0 Å². The summed E-state index contributed by atoms with van der Waals surface area (Å²) in [6.45, 7) is 2.01. The molecule has 0 aliphatic heterocycles. The Morgan fingerprint density at radius 3 is 2.80 bits per heavy atom. The minimum Gasteiger partial charge on any atom is -0.481 e. The van der Waals surface area contributed by atoms with Crippen LogP contribution in [0.4, 0.5) is 0 Å². The molecule has 10 heavy (non-hydrogen) atoms. The molecule has 0 aliphatic rings. The third-order valence-corrected chi connectivity index (χ3v) is 1.36. The number of hydrogen-bond donors (Lipinski definition) is 0.